The monoisotopic (exact) mass is 283 g/mol. The first-order chi connectivity index (χ1) is 9.04. The van der Waals surface area contributed by atoms with E-state index in [0.717, 1.165) is 0 Å². The number of benzene rings is 1. The minimum Gasteiger partial charge on any atom is -0.484 e. The lowest BCUT2D eigenvalue weighted by Gasteiger charge is -2.35. The van der Waals surface area contributed by atoms with Gasteiger partial charge in [0, 0.05) is 18.1 Å². The molecule has 104 valence electrons. The maximum atomic E-state index is 12.0. The Hall–Kier alpha value is -1.26. The first-order valence-electron chi connectivity index (χ1n) is 6.36. The van der Waals surface area contributed by atoms with Crippen LogP contribution in [0.5, 0.6) is 5.75 Å². The maximum Gasteiger partial charge on any atom is 0.260 e. The third-order valence-corrected chi connectivity index (χ3v) is 3.20. The molecule has 0 radical (unpaired) electrons. The van der Waals surface area contributed by atoms with Crippen LogP contribution in [0.4, 0.5) is 0 Å². The summed E-state index contributed by atoms with van der Waals surface area (Å²) < 4.78 is 11.0. The molecule has 1 saturated heterocycles. The van der Waals surface area contributed by atoms with Gasteiger partial charge in [0.25, 0.3) is 5.91 Å². The molecule has 5 heteroatoms. The summed E-state index contributed by atoms with van der Waals surface area (Å²) in [5.74, 6) is 0.629. The smallest absolute Gasteiger partial charge is 0.260 e. The van der Waals surface area contributed by atoms with Crippen molar-refractivity contribution in [2.75, 3.05) is 19.7 Å². The molecule has 1 fully saturated rings. The average molecular weight is 284 g/mol. The van der Waals surface area contributed by atoms with Crippen LogP contribution < -0.4 is 4.74 Å². The standard InChI is InChI=1S/C14H18ClNO3/c1-10-7-16(8-11(2)19-10)14(17)9-18-13-5-3-12(15)4-6-13/h3-6,10-11H,7-9H2,1-2H3. The van der Waals surface area contributed by atoms with E-state index in [1.807, 2.05) is 13.8 Å². The Balaban J connectivity index is 1.85. The molecule has 1 aliphatic rings. The molecule has 1 amide bonds. The van der Waals surface area contributed by atoms with E-state index in [4.69, 9.17) is 21.1 Å². The summed E-state index contributed by atoms with van der Waals surface area (Å²) >= 11 is 5.78. The number of ether oxygens (including phenoxy) is 2. The van der Waals surface area contributed by atoms with Crippen molar-refractivity contribution < 1.29 is 14.3 Å². The molecule has 1 heterocycles. The molecule has 0 aliphatic carbocycles. The van der Waals surface area contributed by atoms with Crippen LogP contribution in [0.15, 0.2) is 24.3 Å². The number of hydrogen-bond donors (Lipinski definition) is 0. The van der Waals surface area contributed by atoms with Crippen molar-refractivity contribution >= 4 is 17.5 Å². The van der Waals surface area contributed by atoms with Crippen molar-refractivity contribution in [1.29, 1.82) is 0 Å². The summed E-state index contributed by atoms with van der Waals surface area (Å²) in [6.07, 6.45) is 0.145. The second-order valence-corrected chi connectivity index (χ2v) is 5.24. The molecule has 1 aromatic carbocycles. The lowest BCUT2D eigenvalue weighted by Crippen LogP contribution is -2.49. The molecule has 0 bridgehead atoms. The summed E-state index contributed by atoms with van der Waals surface area (Å²) in [6, 6.07) is 6.97. The molecule has 0 spiro atoms. The van der Waals surface area contributed by atoms with Crippen LogP contribution in [-0.2, 0) is 9.53 Å². The molecular weight excluding hydrogens is 266 g/mol. The van der Waals surface area contributed by atoms with Gasteiger partial charge >= 0.3 is 0 Å². The Morgan fingerprint density at radius 1 is 1.32 bits per heavy atom. The van der Waals surface area contributed by atoms with Gasteiger partial charge in [-0.2, -0.15) is 0 Å². The van der Waals surface area contributed by atoms with Crippen molar-refractivity contribution in [2.24, 2.45) is 0 Å². The molecule has 1 aromatic rings. The molecule has 0 saturated carbocycles. The molecule has 2 unspecified atom stereocenters. The Labute approximate surface area is 118 Å². The first-order valence-corrected chi connectivity index (χ1v) is 6.74. The van der Waals surface area contributed by atoms with Crippen LogP contribution in [0, 0.1) is 0 Å². The SMILES string of the molecule is CC1CN(C(=O)COc2ccc(Cl)cc2)CC(C)O1. The van der Waals surface area contributed by atoms with Gasteiger partial charge in [0.2, 0.25) is 0 Å². The van der Waals surface area contributed by atoms with Gasteiger partial charge in [-0.15, -0.1) is 0 Å². The van der Waals surface area contributed by atoms with Crippen LogP contribution in [-0.4, -0.2) is 42.7 Å². The van der Waals surface area contributed by atoms with E-state index in [-0.39, 0.29) is 24.7 Å². The van der Waals surface area contributed by atoms with Gasteiger partial charge in [-0.25, -0.2) is 0 Å². The highest BCUT2D eigenvalue weighted by molar-refractivity contribution is 6.30. The lowest BCUT2D eigenvalue weighted by atomic mass is 10.2. The Bertz CT molecular complexity index is 425. The van der Waals surface area contributed by atoms with E-state index >= 15 is 0 Å². The van der Waals surface area contributed by atoms with E-state index in [0.29, 0.717) is 23.9 Å². The Morgan fingerprint density at radius 2 is 1.89 bits per heavy atom. The van der Waals surface area contributed by atoms with Crippen LogP contribution in [0.3, 0.4) is 0 Å². The van der Waals surface area contributed by atoms with Crippen molar-refractivity contribution in [1.82, 2.24) is 4.90 Å². The van der Waals surface area contributed by atoms with E-state index in [9.17, 15) is 4.79 Å². The number of carbonyl (C=O) groups excluding carboxylic acids is 1. The highest BCUT2D eigenvalue weighted by atomic mass is 35.5. The van der Waals surface area contributed by atoms with E-state index in [2.05, 4.69) is 0 Å². The lowest BCUT2D eigenvalue weighted by molar-refractivity contribution is -0.145. The normalized spacial score (nSPS) is 23.2. The number of morpholine rings is 1. The zero-order valence-electron chi connectivity index (χ0n) is 11.1. The number of nitrogens with zero attached hydrogens (tertiary/aromatic N) is 1. The van der Waals surface area contributed by atoms with Crippen molar-refractivity contribution in [2.45, 2.75) is 26.1 Å². The van der Waals surface area contributed by atoms with Gasteiger partial charge < -0.3 is 14.4 Å². The molecule has 2 rings (SSSR count). The summed E-state index contributed by atoms with van der Waals surface area (Å²) in [5, 5.41) is 0.648. The van der Waals surface area contributed by atoms with Crippen LogP contribution in [0.2, 0.25) is 5.02 Å². The highest BCUT2D eigenvalue weighted by Gasteiger charge is 2.25. The molecular formula is C14H18ClNO3. The largest absolute Gasteiger partial charge is 0.484 e. The Morgan fingerprint density at radius 3 is 2.47 bits per heavy atom. The third-order valence-electron chi connectivity index (χ3n) is 2.95. The van der Waals surface area contributed by atoms with E-state index in [1.54, 1.807) is 29.2 Å². The fraction of sp³-hybridized carbons (Fsp3) is 0.500. The molecule has 2 atom stereocenters. The molecule has 1 aliphatic heterocycles. The van der Waals surface area contributed by atoms with Gasteiger partial charge in [-0.3, -0.25) is 4.79 Å². The summed E-state index contributed by atoms with van der Waals surface area (Å²) in [5.41, 5.74) is 0. The average Bonchev–Trinajstić information content (AvgIpc) is 2.36. The Kier molecular flexibility index (Phi) is 4.66. The van der Waals surface area contributed by atoms with Crippen molar-refractivity contribution in [3.05, 3.63) is 29.3 Å². The minimum atomic E-state index is -0.0167. The van der Waals surface area contributed by atoms with E-state index in [1.165, 1.54) is 0 Å². The van der Waals surface area contributed by atoms with Gasteiger partial charge in [-0.1, -0.05) is 11.6 Å². The van der Waals surface area contributed by atoms with Gasteiger partial charge in [-0.05, 0) is 38.1 Å². The molecule has 0 N–H and O–H groups in total. The number of carbonyl (C=O) groups is 1. The maximum absolute atomic E-state index is 12.0. The number of amides is 1. The highest BCUT2D eigenvalue weighted by Crippen LogP contribution is 2.16. The van der Waals surface area contributed by atoms with Crippen molar-refractivity contribution in [3.8, 4) is 5.75 Å². The van der Waals surface area contributed by atoms with E-state index < -0.39 is 0 Å². The zero-order chi connectivity index (χ0) is 13.8. The number of rotatable bonds is 3. The molecule has 19 heavy (non-hydrogen) atoms. The van der Waals surface area contributed by atoms with Crippen LogP contribution in [0.1, 0.15) is 13.8 Å². The molecule has 0 aromatic heterocycles. The van der Waals surface area contributed by atoms with Crippen molar-refractivity contribution in [3.63, 3.8) is 0 Å². The fourth-order valence-corrected chi connectivity index (χ4v) is 2.27. The minimum absolute atomic E-state index is 0.0167. The van der Waals surface area contributed by atoms with Gasteiger partial charge in [0.05, 0.1) is 12.2 Å². The predicted molar refractivity (Wildman–Crippen MR) is 73.5 cm³/mol. The van der Waals surface area contributed by atoms with Crippen LogP contribution >= 0.6 is 11.6 Å². The van der Waals surface area contributed by atoms with Crippen LogP contribution in [0.25, 0.3) is 0 Å². The summed E-state index contributed by atoms with van der Waals surface area (Å²) in [4.78, 5) is 13.8. The van der Waals surface area contributed by atoms with Gasteiger partial charge in [0.1, 0.15) is 5.75 Å². The predicted octanol–water partition coefficient (Wildman–Crippen LogP) is 2.35. The zero-order valence-corrected chi connectivity index (χ0v) is 11.9. The second kappa shape index (κ2) is 6.26. The molecule has 4 nitrogen and oxygen atoms in total. The summed E-state index contributed by atoms with van der Waals surface area (Å²) in [7, 11) is 0. The number of hydrogen-bond acceptors (Lipinski definition) is 3. The fourth-order valence-electron chi connectivity index (χ4n) is 2.15. The number of halogens is 1. The second-order valence-electron chi connectivity index (χ2n) is 4.80. The first kappa shape index (κ1) is 14.2. The third kappa shape index (κ3) is 4.11. The summed E-state index contributed by atoms with van der Waals surface area (Å²) in [6.45, 7) is 5.22. The topological polar surface area (TPSA) is 38.8 Å². The quantitative estimate of drug-likeness (QED) is 0.855. The van der Waals surface area contributed by atoms with Gasteiger partial charge in [0.15, 0.2) is 6.61 Å².